The normalized spacial score (nSPS) is 14.3. The Bertz CT molecular complexity index is 369. The van der Waals surface area contributed by atoms with Gasteiger partial charge < -0.3 is 4.74 Å². The quantitative estimate of drug-likeness (QED) is 0.769. The topological polar surface area (TPSA) is 55.0 Å². The van der Waals surface area contributed by atoms with E-state index in [2.05, 4.69) is 10.2 Å². The van der Waals surface area contributed by atoms with Gasteiger partial charge in [-0.1, -0.05) is 13.8 Å². The van der Waals surface area contributed by atoms with E-state index in [9.17, 15) is 4.79 Å². The highest BCUT2D eigenvalue weighted by molar-refractivity contribution is 5.89. The third kappa shape index (κ3) is 2.03. The first kappa shape index (κ1) is 10.2. The molecule has 82 valence electrons. The molecule has 0 amide bonds. The fourth-order valence-corrected chi connectivity index (χ4v) is 1.80. The molecular formula is C11H16N2O2. The molecule has 1 aromatic heterocycles. The van der Waals surface area contributed by atoms with Gasteiger partial charge in [0.1, 0.15) is 0 Å². The lowest BCUT2D eigenvalue weighted by atomic mass is 10.2. The number of aromatic nitrogens is 2. The van der Waals surface area contributed by atoms with Gasteiger partial charge in [-0.25, -0.2) is 4.79 Å². The lowest BCUT2D eigenvalue weighted by Crippen LogP contribution is -2.12. The number of hydrogen-bond donors (Lipinski definition) is 1. The Kier molecular flexibility index (Phi) is 2.75. The zero-order chi connectivity index (χ0) is 10.8. The molecule has 0 aliphatic heterocycles. The highest BCUT2D eigenvalue weighted by Gasteiger charge is 2.23. The molecule has 0 unspecified atom stereocenters. The Morgan fingerprint density at radius 3 is 3.07 bits per heavy atom. The molecular weight excluding hydrogens is 192 g/mol. The molecule has 0 aromatic carbocycles. The van der Waals surface area contributed by atoms with E-state index in [1.54, 1.807) is 0 Å². The summed E-state index contributed by atoms with van der Waals surface area (Å²) in [5, 5.41) is 6.92. The molecule has 1 heterocycles. The molecule has 1 N–H and O–H groups in total. The Morgan fingerprint density at radius 2 is 2.33 bits per heavy atom. The minimum absolute atomic E-state index is 0.289. The summed E-state index contributed by atoms with van der Waals surface area (Å²) in [4.78, 5) is 11.7. The molecule has 0 saturated heterocycles. The Balaban J connectivity index is 2.06. The van der Waals surface area contributed by atoms with Crippen LogP contribution in [0.15, 0.2) is 0 Å². The molecule has 1 aromatic rings. The first-order valence-electron chi connectivity index (χ1n) is 5.41. The first-order valence-corrected chi connectivity index (χ1v) is 5.41. The van der Waals surface area contributed by atoms with Crippen molar-refractivity contribution in [1.29, 1.82) is 0 Å². The third-order valence-corrected chi connectivity index (χ3v) is 2.55. The van der Waals surface area contributed by atoms with Gasteiger partial charge in [-0.3, -0.25) is 5.10 Å². The van der Waals surface area contributed by atoms with Gasteiger partial charge in [-0.15, -0.1) is 0 Å². The van der Waals surface area contributed by atoms with Gasteiger partial charge in [0, 0.05) is 11.3 Å². The predicted octanol–water partition coefficient (Wildman–Crippen LogP) is 1.71. The van der Waals surface area contributed by atoms with Crippen LogP contribution in [-0.2, 0) is 17.6 Å². The van der Waals surface area contributed by atoms with Crippen LogP contribution in [0.4, 0.5) is 0 Å². The van der Waals surface area contributed by atoms with Crippen LogP contribution in [-0.4, -0.2) is 22.8 Å². The van der Waals surface area contributed by atoms with Crippen LogP contribution in [0.25, 0.3) is 0 Å². The van der Waals surface area contributed by atoms with E-state index in [4.69, 9.17) is 4.74 Å². The molecule has 0 saturated carbocycles. The van der Waals surface area contributed by atoms with Crippen LogP contribution in [0.3, 0.4) is 0 Å². The van der Waals surface area contributed by atoms with Crippen LogP contribution in [0.1, 0.15) is 42.0 Å². The molecule has 1 aliphatic carbocycles. The third-order valence-electron chi connectivity index (χ3n) is 2.55. The summed E-state index contributed by atoms with van der Waals surface area (Å²) in [7, 11) is 0. The van der Waals surface area contributed by atoms with Crippen LogP contribution in [0.2, 0.25) is 0 Å². The summed E-state index contributed by atoms with van der Waals surface area (Å²) < 4.78 is 5.15. The summed E-state index contributed by atoms with van der Waals surface area (Å²) in [6.45, 7) is 4.49. The SMILES string of the molecule is CC(C)COC(=O)c1n[nH]c2c1CCC2. The molecule has 0 spiro atoms. The van der Waals surface area contributed by atoms with Gasteiger partial charge in [0.05, 0.1) is 6.61 Å². The number of ether oxygens (including phenoxy) is 1. The summed E-state index contributed by atoms with van der Waals surface area (Å²) >= 11 is 0. The highest BCUT2D eigenvalue weighted by Crippen LogP contribution is 2.23. The Morgan fingerprint density at radius 1 is 1.53 bits per heavy atom. The molecule has 0 atom stereocenters. The molecule has 0 fully saturated rings. The average molecular weight is 208 g/mol. The Hall–Kier alpha value is -1.32. The number of fused-ring (bicyclic) bond motifs is 1. The fraction of sp³-hybridized carbons (Fsp3) is 0.636. The van der Waals surface area contributed by atoms with Crippen molar-refractivity contribution < 1.29 is 9.53 Å². The minimum Gasteiger partial charge on any atom is -0.461 e. The highest BCUT2D eigenvalue weighted by atomic mass is 16.5. The van der Waals surface area contributed by atoms with Gasteiger partial charge >= 0.3 is 5.97 Å². The second-order valence-electron chi connectivity index (χ2n) is 4.38. The van der Waals surface area contributed by atoms with Crippen molar-refractivity contribution in [3.05, 3.63) is 17.0 Å². The number of esters is 1. The van der Waals surface area contributed by atoms with Crippen LogP contribution in [0, 0.1) is 5.92 Å². The first-order chi connectivity index (χ1) is 7.18. The maximum absolute atomic E-state index is 11.7. The molecule has 1 aliphatic rings. The van der Waals surface area contributed by atoms with Crippen molar-refractivity contribution in [2.75, 3.05) is 6.61 Å². The number of carbonyl (C=O) groups is 1. The van der Waals surface area contributed by atoms with Crippen molar-refractivity contribution in [1.82, 2.24) is 10.2 Å². The lowest BCUT2D eigenvalue weighted by molar-refractivity contribution is 0.0451. The molecule has 4 nitrogen and oxygen atoms in total. The maximum Gasteiger partial charge on any atom is 0.359 e. The van der Waals surface area contributed by atoms with E-state index in [0.29, 0.717) is 18.2 Å². The second kappa shape index (κ2) is 4.04. The van der Waals surface area contributed by atoms with E-state index >= 15 is 0 Å². The molecule has 15 heavy (non-hydrogen) atoms. The fourth-order valence-electron chi connectivity index (χ4n) is 1.80. The molecule has 4 heteroatoms. The van der Waals surface area contributed by atoms with Crippen molar-refractivity contribution in [3.8, 4) is 0 Å². The maximum atomic E-state index is 11.7. The second-order valence-corrected chi connectivity index (χ2v) is 4.38. The number of carbonyl (C=O) groups excluding carboxylic acids is 1. The monoisotopic (exact) mass is 208 g/mol. The number of H-pyrrole nitrogens is 1. The van der Waals surface area contributed by atoms with E-state index in [0.717, 1.165) is 30.5 Å². The van der Waals surface area contributed by atoms with Gasteiger partial charge in [0.25, 0.3) is 0 Å². The van der Waals surface area contributed by atoms with Crippen LogP contribution >= 0.6 is 0 Å². The largest absolute Gasteiger partial charge is 0.461 e. The minimum atomic E-state index is -0.289. The number of nitrogens with zero attached hydrogens (tertiary/aromatic N) is 1. The Labute approximate surface area is 89.0 Å². The zero-order valence-corrected chi connectivity index (χ0v) is 9.17. The molecule has 2 rings (SSSR count). The lowest BCUT2D eigenvalue weighted by Gasteiger charge is -2.05. The number of aryl methyl sites for hydroxylation is 1. The molecule has 0 radical (unpaired) electrons. The van der Waals surface area contributed by atoms with E-state index in [-0.39, 0.29) is 5.97 Å². The number of rotatable bonds is 3. The predicted molar refractivity (Wildman–Crippen MR) is 55.7 cm³/mol. The van der Waals surface area contributed by atoms with Crippen LogP contribution < -0.4 is 0 Å². The van der Waals surface area contributed by atoms with Gasteiger partial charge in [0.15, 0.2) is 5.69 Å². The number of hydrogen-bond acceptors (Lipinski definition) is 3. The summed E-state index contributed by atoms with van der Waals surface area (Å²) in [5.74, 6) is 0.0732. The van der Waals surface area contributed by atoms with Crippen molar-refractivity contribution in [3.63, 3.8) is 0 Å². The van der Waals surface area contributed by atoms with Gasteiger partial charge in [-0.05, 0) is 25.2 Å². The van der Waals surface area contributed by atoms with E-state index < -0.39 is 0 Å². The number of nitrogens with one attached hydrogen (secondary N) is 1. The smallest absolute Gasteiger partial charge is 0.359 e. The zero-order valence-electron chi connectivity index (χ0n) is 9.17. The van der Waals surface area contributed by atoms with Crippen molar-refractivity contribution in [2.24, 2.45) is 5.92 Å². The summed E-state index contributed by atoms with van der Waals surface area (Å²) in [5.41, 5.74) is 2.65. The van der Waals surface area contributed by atoms with Gasteiger partial charge in [0.2, 0.25) is 0 Å². The standard InChI is InChI=1S/C11H16N2O2/c1-7(2)6-15-11(14)10-8-4-3-5-9(8)12-13-10/h7H,3-6H2,1-2H3,(H,12,13). The number of aromatic amines is 1. The average Bonchev–Trinajstić information content (AvgIpc) is 2.74. The van der Waals surface area contributed by atoms with Crippen molar-refractivity contribution in [2.45, 2.75) is 33.1 Å². The van der Waals surface area contributed by atoms with E-state index in [1.165, 1.54) is 0 Å². The summed E-state index contributed by atoms with van der Waals surface area (Å²) in [6.07, 6.45) is 3.05. The van der Waals surface area contributed by atoms with E-state index in [1.807, 2.05) is 13.8 Å². The summed E-state index contributed by atoms with van der Waals surface area (Å²) in [6, 6.07) is 0. The van der Waals surface area contributed by atoms with Gasteiger partial charge in [-0.2, -0.15) is 5.10 Å². The van der Waals surface area contributed by atoms with Crippen LogP contribution in [0.5, 0.6) is 0 Å². The van der Waals surface area contributed by atoms with Crippen molar-refractivity contribution >= 4 is 5.97 Å². The molecule has 0 bridgehead atoms.